The normalized spacial score (nSPS) is 15.8. The van der Waals surface area contributed by atoms with E-state index in [1.165, 1.54) is 12.1 Å². The Morgan fingerprint density at radius 1 is 0.862 bits per heavy atom. The Hall–Kier alpha value is -2.21. The first-order chi connectivity index (χ1) is 14.2. The lowest BCUT2D eigenvalue weighted by Crippen LogP contribution is -2.47. The first-order valence-electron chi connectivity index (χ1n) is 10.5. The number of piperazine rings is 1. The Labute approximate surface area is 173 Å². The van der Waals surface area contributed by atoms with Crippen molar-refractivity contribution in [1.29, 1.82) is 0 Å². The smallest absolute Gasteiger partial charge is 0.126 e. The second-order valence-electron chi connectivity index (χ2n) is 7.39. The van der Waals surface area contributed by atoms with Crippen LogP contribution in [0.25, 0.3) is 12.2 Å². The van der Waals surface area contributed by atoms with Crippen molar-refractivity contribution in [2.45, 2.75) is 12.8 Å². The molecule has 1 saturated heterocycles. The molecule has 1 aliphatic rings. The molecule has 29 heavy (non-hydrogen) atoms. The summed E-state index contributed by atoms with van der Waals surface area (Å²) in [5, 5.41) is 9.01. The molecule has 3 rings (SSSR count). The predicted octanol–water partition coefficient (Wildman–Crippen LogP) is 3.77. The predicted molar refractivity (Wildman–Crippen MR) is 116 cm³/mol. The summed E-state index contributed by atoms with van der Waals surface area (Å²) in [7, 11) is 0. The number of ether oxygens (including phenoxy) is 1. The monoisotopic (exact) mass is 398 g/mol. The summed E-state index contributed by atoms with van der Waals surface area (Å²) in [6.07, 6.45) is 6.12. The van der Waals surface area contributed by atoms with Crippen LogP contribution in [0.4, 0.5) is 4.39 Å². The van der Waals surface area contributed by atoms with E-state index in [1.54, 1.807) is 12.1 Å². The van der Waals surface area contributed by atoms with Crippen molar-refractivity contribution in [1.82, 2.24) is 9.80 Å². The van der Waals surface area contributed by atoms with E-state index in [4.69, 9.17) is 9.84 Å². The van der Waals surface area contributed by atoms with Gasteiger partial charge in [-0.2, -0.15) is 0 Å². The highest BCUT2D eigenvalue weighted by Gasteiger charge is 2.15. The van der Waals surface area contributed by atoms with Crippen LogP contribution in [0.15, 0.2) is 48.5 Å². The number of β-amino-alcohol motifs (C(OH)–C–C–N with tert-alkyl or cyclic N) is 1. The van der Waals surface area contributed by atoms with Gasteiger partial charge < -0.3 is 14.7 Å². The van der Waals surface area contributed by atoms with Crippen LogP contribution in [0.5, 0.6) is 5.75 Å². The van der Waals surface area contributed by atoms with Gasteiger partial charge in [-0.25, -0.2) is 4.39 Å². The summed E-state index contributed by atoms with van der Waals surface area (Å²) >= 11 is 0. The van der Waals surface area contributed by atoms with Crippen molar-refractivity contribution in [3.05, 3.63) is 65.5 Å². The molecule has 0 atom stereocenters. The first kappa shape index (κ1) is 21.5. The highest BCUT2D eigenvalue weighted by Crippen LogP contribution is 2.21. The summed E-state index contributed by atoms with van der Waals surface area (Å²) in [5.41, 5.74) is 1.98. The van der Waals surface area contributed by atoms with Gasteiger partial charge in [0.15, 0.2) is 0 Å². The fourth-order valence-corrected chi connectivity index (χ4v) is 3.51. The van der Waals surface area contributed by atoms with Gasteiger partial charge in [0.2, 0.25) is 0 Å². The third-order valence-electron chi connectivity index (χ3n) is 5.25. The van der Waals surface area contributed by atoms with Crippen LogP contribution in [0.3, 0.4) is 0 Å². The SMILES string of the molecule is OCCN1CCN(CCCCOc2ccccc2C=Cc2ccc(F)cc2)CC1. The van der Waals surface area contributed by atoms with Gasteiger partial charge in [0.05, 0.1) is 13.2 Å². The molecule has 0 amide bonds. The molecule has 1 fully saturated rings. The van der Waals surface area contributed by atoms with E-state index in [-0.39, 0.29) is 12.4 Å². The maximum absolute atomic E-state index is 13.0. The molecule has 0 aliphatic carbocycles. The number of aliphatic hydroxyl groups is 1. The molecular weight excluding hydrogens is 367 g/mol. The van der Waals surface area contributed by atoms with Crippen LogP contribution in [0.1, 0.15) is 24.0 Å². The maximum atomic E-state index is 13.0. The van der Waals surface area contributed by atoms with E-state index >= 15 is 0 Å². The number of hydrogen-bond acceptors (Lipinski definition) is 4. The van der Waals surface area contributed by atoms with E-state index in [1.807, 2.05) is 36.4 Å². The largest absolute Gasteiger partial charge is 0.493 e. The van der Waals surface area contributed by atoms with Gasteiger partial charge in [0.25, 0.3) is 0 Å². The minimum atomic E-state index is -0.224. The third kappa shape index (κ3) is 7.28. The Balaban J connectivity index is 1.39. The maximum Gasteiger partial charge on any atom is 0.126 e. The summed E-state index contributed by atoms with van der Waals surface area (Å²) in [4.78, 5) is 4.81. The van der Waals surface area contributed by atoms with E-state index in [2.05, 4.69) is 9.80 Å². The van der Waals surface area contributed by atoms with Gasteiger partial charge in [-0.15, -0.1) is 0 Å². The van der Waals surface area contributed by atoms with E-state index < -0.39 is 0 Å². The molecule has 2 aromatic rings. The van der Waals surface area contributed by atoms with E-state index in [0.717, 1.165) is 69.0 Å². The van der Waals surface area contributed by atoms with Gasteiger partial charge in [-0.1, -0.05) is 42.5 Å². The lowest BCUT2D eigenvalue weighted by molar-refractivity contribution is 0.110. The molecule has 2 aromatic carbocycles. The molecule has 1 heterocycles. The Morgan fingerprint density at radius 3 is 2.28 bits per heavy atom. The molecule has 156 valence electrons. The van der Waals surface area contributed by atoms with Gasteiger partial charge in [0, 0.05) is 38.3 Å². The lowest BCUT2D eigenvalue weighted by Gasteiger charge is -2.34. The number of unbranched alkanes of at least 4 members (excludes halogenated alkanes) is 1. The van der Waals surface area contributed by atoms with E-state index in [0.29, 0.717) is 6.61 Å². The molecule has 0 saturated carbocycles. The molecule has 0 unspecified atom stereocenters. The second kappa shape index (κ2) is 11.7. The average molecular weight is 399 g/mol. The second-order valence-corrected chi connectivity index (χ2v) is 7.39. The highest BCUT2D eigenvalue weighted by atomic mass is 19.1. The van der Waals surface area contributed by atoms with Crippen molar-refractivity contribution in [2.75, 3.05) is 52.5 Å². The van der Waals surface area contributed by atoms with Crippen molar-refractivity contribution in [3.63, 3.8) is 0 Å². The molecule has 0 bridgehead atoms. The van der Waals surface area contributed by atoms with Gasteiger partial charge in [0.1, 0.15) is 11.6 Å². The van der Waals surface area contributed by atoms with Crippen molar-refractivity contribution >= 4 is 12.2 Å². The zero-order valence-corrected chi connectivity index (χ0v) is 17.0. The number of rotatable bonds is 10. The highest BCUT2D eigenvalue weighted by molar-refractivity contribution is 5.72. The zero-order chi connectivity index (χ0) is 20.3. The van der Waals surface area contributed by atoms with Crippen LogP contribution in [-0.2, 0) is 0 Å². The van der Waals surface area contributed by atoms with Crippen LogP contribution in [-0.4, -0.2) is 67.4 Å². The minimum absolute atomic E-state index is 0.224. The molecule has 0 aromatic heterocycles. The van der Waals surface area contributed by atoms with Crippen molar-refractivity contribution < 1.29 is 14.2 Å². The minimum Gasteiger partial charge on any atom is -0.493 e. The topological polar surface area (TPSA) is 35.9 Å². The number of para-hydroxylation sites is 1. The average Bonchev–Trinajstić information content (AvgIpc) is 2.75. The van der Waals surface area contributed by atoms with Gasteiger partial charge >= 0.3 is 0 Å². The molecule has 1 N–H and O–H groups in total. The molecule has 4 nitrogen and oxygen atoms in total. The summed E-state index contributed by atoms with van der Waals surface area (Å²) < 4.78 is 19.0. The number of nitrogens with zero attached hydrogens (tertiary/aromatic N) is 2. The number of hydrogen-bond donors (Lipinski definition) is 1. The summed E-state index contributed by atoms with van der Waals surface area (Å²) in [6.45, 7) is 7.09. The lowest BCUT2D eigenvalue weighted by atomic mass is 10.1. The van der Waals surface area contributed by atoms with Crippen LogP contribution < -0.4 is 4.74 Å². The molecule has 1 aliphatic heterocycles. The number of halogens is 1. The quantitative estimate of drug-likeness (QED) is 0.488. The fraction of sp³-hybridized carbons (Fsp3) is 0.417. The molecule has 5 heteroatoms. The third-order valence-corrected chi connectivity index (χ3v) is 5.25. The fourth-order valence-electron chi connectivity index (χ4n) is 3.51. The standard InChI is InChI=1S/C24H31FN2O2/c25-23-11-8-21(9-12-23)7-10-22-5-1-2-6-24(22)29-20-4-3-13-26-14-16-27(17-15-26)18-19-28/h1-2,5-12,28H,3-4,13-20H2. The van der Waals surface area contributed by atoms with Crippen LogP contribution in [0, 0.1) is 5.82 Å². The Bertz CT molecular complexity index is 756. The molecular formula is C24H31FN2O2. The Morgan fingerprint density at radius 2 is 1.55 bits per heavy atom. The Kier molecular flexibility index (Phi) is 8.68. The summed E-state index contributed by atoms with van der Waals surface area (Å²) in [6, 6.07) is 14.5. The van der Waals surface area contributed by atoms with E-state index in [9.17, 15) is 4.39 Å². The van der Waals surface area contributed by atoms with Crippen LogP contribution in [0.2, 0.25) is 0 Å². The number of aliphatic hydroxyl groups excluding tert-OH is 1. The van der Waals surface area contributed by atoms with Gasteiger partial charge in [-0.3, -0.25) is 4.90 Å². The zero-order valence-electron chi connectivity index (χ0n) is 17.0. The van der Waals surface area contributed by atoms with Crippen molar-refractivity contribution in [2.24, 2.45) is 0 Å². The van der Waals surface area contributed by atoms with Gasteiger partial charge in [-0.05, 0) is 43.1 Å². The summed E-state index contributed by atoms with van der Waals surface area (Å²) in [5.74, 6) is 0.654. The molecule has 0 radical (unpaired) electrons. The van der Waals surface area contributed by atoms with Crippen molar-refractivity contribution in [3.8, 4) is 5.75 Å². The molecule has 0 spiro atoms. The first-order valence-corrected chi connectivity index (χ1v) is 10.5. The van der Waals surface area contributed by atoms with Crippen LogP contribution >= 0.6 is 0 Å². The number of benzene rings is 2.